The average molecular weight is 268 g/mol. The Hall–Kier alpha value is -2.05. The summed E-state index contributed by atoms with van der Waals surface area (Å²) in [5, 5.41) is 15.5. The van der Waals surface area contributed by atoms with Gasteiger partial charge in [-0.1, -0.05) is 6.92 Å². The number of hydrogen-bond donors (Lipinski definition) is 2. The summed E-state index contributed by atoms with van der Waals surface area (Å²) in [5.41, 5.74) is 1.06. The minimum absolute atomic E-state index is 0.277. The largest absolute Gasteiger partial charge is 0.480 e. The van der Waals surface area contributed by atoms with Crippen LogP contribution in [0.15, 0.2) is 12.4 Å². The molecule has 0 fully saturated rings. The summed E-state index contributed by atoms with van der Waals surface area (Å²) < 4.78 is 1.73. The molecule has 2 amide bonds. The zero-order valence-electron chi connectivity index (χ0n) is 11.3. The second-order valence-electron chi connectivity index (χ2n) is 4.33. The molecule has 0 bridgehead atoms. The molecule has 0 aliphatic rings. The van der Waals surface area contributed by atoms with E-state index >= 15 is 0 Å². The summed E-state index contributed by atoms with van der Waals surface area (Å²) in [6.07, 6.45) is 4.35. The summed E-state index contributed by atoms with van der Waals surface area (Å²) in [6, 6.07) is -0.354. The lowest BCUT2D eigenvalue weighted by Gasteiger charge is -2.20. The molecule has 106 valence electrons. The summed E-state index contributed by atoms with van der Waals surface area (Å²) in [7, 11) is 0. The average Bonchev–Trinajstić information content (AvgIpc) is 2.74. The van der Waals surface area contributed by atoms with Crippen molar-refractivity contribution in [2.45, 2.75) is 26.8 Å². The van der Waals surface area contributed by atoms with Gasteiger partial charge in [0.15, 0.2) is 0 Å². The van der Waals surface area contributed by atoms with Crippen LogP contribution in [0.5, 0.6) is 0 Å². The Bertz CT molecular complexity index is 430. The van der Waals surface area contributed by atoms with Crippen LogP contribution >= 0.6 is 0 Å². The predicted octanol–water partition coefficient (Wildman–Crippen LogP) is 0.698. The highest BCUT2D eigenvalue weighted by molar-refractivity contribution is 5.80. The minimum Gasteiger partial charge on any atom is -0.480 e. The minimum atomic E-state index is -1.01. The molecular weight excluding hydrogens is 248 g/mol. The first-order chi connectivity index (χ1) is 9.02. The van der Waals surface area contributed by atoms with Crippen molar-refractivity contribution in [1.82, 2.24) is 20.0 Å². The van der Waals surface area contributed by atoms with Gasteiger partial charge in [-0.25, -0.2) is 4.79 Å². The first-order valence-electron chi connectivity index (χ1n) is 6.26. The fourth-order valence-corrected chi connectivity index (χ4v) is 1.66. The number of carbonyl (C=O) groups is 2. The molecule has 0 unspecified atom stereocenters. The SMILES string of the molecule is CCCN(CC(=O)O)C(=O)NCCn1cc(C)cn1. The summed E-state index contributed by atoms with van der Waals surface area (Å²) >= 11 is 0. The van der Waals surface area contributed by atoms with Gasteiger partial charge in [0.05, 0.1) is 12.7 Å². The molecule has 0 aromatic carbocycles. The fraction of sp³-hybridized carbons (Fsp3) is 0.583. The molecule has 1 heterocycles. The highest BCUT2D eigenvalue weighted by Gasteiger charge is 2.14. The van der Waals surface area contributed by atoms with Crippen LogP contribution in [0.25, 0.3) is 0 Å². The maximum Gasteiger partial charge on any atom is 0.323 e. The number of urea groups is 1. The van der Waals surface area contributed by atoms with Crippen LogP contribution in [-0.2, 0) is 11.3 Å². The predicted molar refractivity (Wildman–Crippen MR) is 69.9 cm³/mol. The van der Waals surface area contributed by atoms with Crippen LogP contribution in [0.1, 0.15) is 18.9 Å². The van der Waals surface area contributed by atoms with E-state index < -0.39 is 5.97 Å². The molecule has 1 rings (SSSR count). The van der Waals surface area contributed by atoms with Crippen molar-refractivity contribution >= 4 is 12.0 Å². The maximum atomic E-state index is 11.8. The number of aliphatic carboxylic acids is 1. The number of hydrogen-bond acceptors (Lipinski definition) is 3. The third-order valence-electron chi connectivity index (χ3n) is 2.49. The third-order valence-corrected chi connectivity index (χ3v) is 2.49. The molecule has 0 atom stereocenters. The van der Waals surface area contributed by atoms with Gasteiger partial charge in [0.25, 0.3) is 0 Å². The van der Waals surface area contributed by atoms with Gasteiger partial charge >= 0.3 is 12.0 Å². The van der Waals surface area contributed by atoms with E-state index in [0.717, 1.165) is 12.0 Å². The van der Waals surface area contributed by atoms with E-state index in [-0.39, 0.29) is 12.6 Å². The Morgan fingerprint density at radius 1 is 1.53 bits per heavy atom. The van der Waals surface area contributed by atoms with Crippen LogP contribution in [0.4, 0.5) is 4.79 Å². The molecule has 0 aliphatic heterocycles. The van der Waals surface area contributed by atoms with Crippen molar-refractivity contribution in [3.8, 4) is 0 Å². The van der Waals surface area contributed by atoms with Gasteiger partial charge in [0, 0.05) is 19.3 Å². The molecule has 0 saturated carbocycles. The summed E-state index contributed by atoms with van der Waals surface area (Å²) in [5.74, 6) is -1.01. The van der Waals surface area contributed by atoms with Crippen molar-refractivity contribution < 1.29 is 14.7 Å². The number of rotatable bonds is 7. The van der Waals surface area contributed by atoms with Gasteiger partial charge in [-0.05, 0) is 18.9 Å². The number of nitrogens with one attached hydrogen (secondary N) is 1. The smallest absolute Gasteiger partial charge is 0.323 e. The van der Waals surface area contributed by atoms with Crippen LogP contribution in [-0.4, -0.2) is 51.4 Å². The second-order valence-corrected chi connectivity index (χ2v) is 4.33. The first kappa shape index (κ1) is 15.0. The number of amides is 2. The molecule has 1 aromatic rings. The Balaban J connectivity index is 2.37. The Morgan fingerprint density at radius 3 is 2.79 bits per heavy atom. The maximum absolute atomic E-state index is 11.8. The Kier molecular flexibility index (Phi) is 5.84. The number of carboxylic acid groups (broad SMARTS) is 1. The number of aromatic nitrogens is 2. The Morgan fingerprint density at radius 2 is 2.26 bits per heavy atom. The van der Waals surface area contributed by atoms with E-state index in [9.17, 15) is 9.59 Å². The second kappa shape index (κ2) is 7.40. The van der Waals surface area contributed by atoms with E-state index in [1.54, 1.807) is 10.9 Å². The number of carbonyl (C=O) groups excluding carboxylic acids is 1. The molecule has 1 aromatic heterocycles. The zero-order valence-corrected chi connectivity index (χ0v) is 11.3. The quantitative estimate of drug-likeness (QED) is 0.762. The van der Waals surface area contributed by atoms with E-state index in [4.69, 9.17) is 5.11 Å². The highest BCUT2D eigenvalue weighted by Crippen LogP contribution is 1.95. The van der Waals surface area contributed by atoms with E-state index in [0.29, 0.717) is 19.6 Å². The normalized spacial score (nSPS) is 10.2. The van der Waals surface area contributed by atoms with Gasteiger partial charge in [0.2, 0.25) is 0 Å². The van der Waals surface area contributed by atoms with Crippen LogP contribution < -0.4 is 5.32 Å². The lowest BCUT2D eigenvalue weighted by Crippen LogP contribution is -2.44. The standard InChI is InChI=1S/C12H20N4O3/c1-3-5-15(9-11(17)18)12(19)13-4-6-16-8-10(2)7-14-16/h7-8H,3-6,9H2,1-2H3,(H,13,19)(H,17,18). The van der Waals surface area contributed by atoms with Crippen LogP contribution in [0, 0.1) is 6.92 Å². The molecule has 0 aliphatic carbocycles. The van der Waals surface area contributed by atoms with Gasteiger partial charge in [-0.15, -0.1) is 0 Å². The van der Waals surface area contributed by atoms with Crippen molar-refractivity contribution in [3.05, 3.63) is 18.0 Å². The first-order valence-corrected chi connectivity index (χ1v) is 6.26. The van der Waals surface area contributed by atoms with Crippen molar-refractivity contribution in [3.63, 3.8) is 0 Å². The number of carboxylic acids is 1. The van der Waals surface area contributed by atoms with E-state index in [2.05, 4.69) is 10.4 Å². The molecule has 0 radical (unpaired) electrons. The summed E-state index contributed by atoms with van der Waals surface area (Å²) in [6.45, 7) is 4.97. The molecule has 7 nitrogen and oxygen atoms in total. The van der Waals surface area contributed by atoms with Crippen molar-refractivity contribution in [1.29, 1.82) is 0 Å². The van der Waals surface area contributed by atoms with Crippen molar-refractivity contribution in [2.75, 3.05) is 19.6 Å². The summed E-state index contributed by atoms with van der Waals surface area (Å²) in [4.78, 5) is 23.7. The molecule has 0 saturated heterocycles. The third kappa shape index (κ3) is 5.41. The van der Waals surface area contributed by atoms with Crippen molar-refractivity contribution in [2.24, 2.45) is 0 Å². The highest BCUT2D eigenvalue weighted by atomic mass is 16.4. The molecular formula is C12H20N4O3. The van der Waals surface area contributed by atoms with Gasteiger partial charge in [-0.3, -0.25) is 9.48 Å². The lowest BCUT2D eigenvalue weighted by molar-refractivity contribution is -0.137. The van der Waals surface area contributed by atoms with Crippen LogP contribution in [0.2, 0.25) is 0 Å². The number of nitrogens with zero attached hydrogens (tertiary/aromatic N) is 3. The van der Waals surface area contributed by atoms with E-state index in [1.807, 2.05) is 20.0 Å². The topological polar surface area (TPSA) is 87.5 Å². The zero-order chi connectivity index (χ0) is 14.3. The van der Waals surface area contributed by atoms with Gasteiger partial charge < -0.3 is 15.3 Å². The number of aryl methyl sites for hydroxylation is 1. The molecule has 0 spiro atoms. The Labute approximate surface area is 112 Å². The molecule has 2 N–H and O–H groups in total. The van der Waals surface area contributed by atoms with Gasteiger partial charge in [0.1, 0.15) is 6.54 Å². The molecule has 19 heavy (non-hydrogen) atoms. The fourth-order valence-electron chi connectivity index (χ4n) is 1.66. The van der Waals surface area contributed by atoms with Crippen LogP contribution in [0.3, 0.4) is 0 Å². The monoisotopic (exact) mass is 268 g/mol. The lowest BCUT2D eigenvalue weighted by atomic mass is 10.4. The van der Waals surface area contributed by atoms with E-state index in [1.165, 1.54) is 4.90 Å². The van der Waals surface area contributed by atoms with Gasteiger partial charge in [-0.2, -0.15) is 5.10 Å². The molecule has 7 heteroatoms.